The minimum absolute atomic E-state index is 0.450. The number of likely N-dealkylation sites (N-methyl/N-ethyl adjacent to an activating group) is 1. The number of nitrogens with one attached hydrogen (secondary N) is 1. The molecule has 0 aromatic heterocycles. The number of para-hydroxylation sites is 1. The SMILES string of the molecule is COc1cccc(CNCCN(C)C)c1OCc1cccc(Cl)c1. The van der Waals surface area contributed by atoms with Gasteiger partial charge in [0.05, 0.1) is 7.11 Å². The Labute approximate surface area is 149 Å². The second-order valence-electron chi connectivity index (χ2n) is 5.85. The average Bonchev–Trinajstić information content (AvgIpc) is 2.57. The van der Waals surface area contributed by atoms with Gasteiger partial charge in [0.2, 0.25) is 0 Å². The number of hydrogen-bond donors (Lipinski definition) is 1. The average molecular weight is 349 g/mol. The molecule has 4 nitrogen and oxygen atoms in total. The fourth-order valence-electron chi connectivity index (χ4n) is 2.33. The second-order valence-corrected chi connectivity index (χ2v) is 6.28. The molecule has 2 rings (SSSR count). The quantitative estimate of drug-likeness (QED) is 0.702. The molecule has 0 fully saturated rings. The Bertz CT molecular complexity index is 647. The van der Waals surface area contributed by atoms with Gasteiger partial charge in [-0.25, -0.2) is 0 Å². The van der Waals surface area contributed by atoms with Crippen LogP contribution in [-0.2, 0) is 13.2 Å². The van der Waals surface area contributed by atoms with Crippen molar-refractivity contribution < 1.29 is 9.47 Å². The Morgan fingerprint density at radius 2 is 1.92 bits per heavy atom. The highest BCUT2D eigenvalue weighted by atomic mass is 35.5. The van der Waals surface area contributed by atoms with Crippen LogP contribution < -0.4 is 14.8 Å². The number of rotatable bonds is 9. The highest BCUT2D eigenvalue weighted by Crippen LogP contribution is 2.32. The molecule has 0 unspecified atom stereocenters. The third-order valence-corrected chi connectivity index (χ3v) is 3.84. The van der Waals surface area contributed by atoms with E-state index >= 15 is 0 Å². The Balaban J connectivity index is 2.05. The van der Waals surface area contributed by atoms with Crippen molar-refractivity contribution in [3.63, 3.8) is 0 Å². The van der Waals surface area contributed by atoms with E-state index in [2.05, 4.69) is 30.4 Å². The third-order valence-electron chi connectivity index (χ3n) is 3.60. The molecule has 0 aliphatic rings. The van der Waals surface area contributed by atoms with Crippen LogP contribution in [0.1, 0.15) is 11.1 Å². The number of hydrogen-bond acceptors (Lipinski definition) is 4. The molecular weight excluding hydrogens is 324 g/mol. The summed E-state index contributed by atoms with van der Waals surface area (Å²) in [4.78, 5) is 2.15. The first-order chi connectivity index (χ1) is 11.6. The summed E-state index contributed by atoms with van der Waals surface area (Å²) in [5, 5.41) is 4.14. The largest absolute Gasteiger partial charge is 0.493 e. The zero-order valence-corrected chi connectivity index (χ0v) is 15.3. The van der Waals surface area contributed by atoms with Gasteiger partial charge in [-0.3, -0.25) is 0 Å². The Hall–Kier alpha value is -1.75. The molecule has 0 saturated heterocycles. The van der Waals surface area contributed by atoms with Gasteiger partial charge >= 0.3 is 0 Å². The highest BCUT2D eigenvalue weighted by molar-refractivity contribution is 6.30. The molecule has 2 aromatic rings. The van der Waals surface area contributed by atoms with Crippen LogP contribution in [0.25, 0.3) is 0 Å². The maximum atomic E-state index is 6.04. The van der Waals surface area contributed by atoms with Crippen molar-refractivity contribution in [2.45, 2.75) is 13.2 Å². The van der Waals surface area contributed by atoms with E-state index in [0.29, 0.717) is 11.6 Å². The summed E-state index contributed by atoms with van der Waals surface area (Å²) in [5.41, 5.74) is 2.11. The minimum Gasteiger partial charge on any atom is -0.493 e. The van der Waals surface area contributed by atoms with Crippen LogP contribution in [0.15, 0.2) is 42.5 Å². The van der Waals surface area contributed by atoms with Crippen LogP contribution in [0.3, 0.4) is 0 Å². The van der Waals surface area contributed by atoms with Gasteiger partial charge in [-0.1, -0.05) is 35.9 Å². The molecule has 0 atom stereocenters. The van der Waals surface area contributed by atoms with E-state index in [-0.39, 0.29) is 0 Å². The van der Waals surface area contributed by atoms with E-state index in [0.717, 1.165) is 42.3 Å². The van der Waals surface area contributed by atoms with Crippen molar-refractivity contribution in [1.29, 1.82) is 0 Å². The topological polar surface area (TPSA) is 33.7 Å². The smallest absolute Gasteiger partial charge is 0.166 e. The predicted molar refractivity (Wildman–Crippen MR) is 99.0 cm³/mol. The lowest BCUT2D eigenvalue weighted by Crippen LogP contribution is -2.26. The molecule has 0 spiro atoms. The molecule has 0 aliphatic heterocycles. The monoisotopic (exact) mass is 348 g/mol. The Morgan fingerprint density at radius 3 is 2.62 bits per heavy atom. The lowest BCUT2D eigenvalue weighted by Gasteiger charge is -2.16. The standard InChI is InChI=1S/C19H25ClN2O2/c1-22(2)11-10-21-13-16-7-5-9-18(23-3)19(16)24-14-15-6-4-8-17(20)12-15/h4-9,12,21H,10-11,13-14H2,1-3H3. The molecule has 0 saturated carbocycles. The van der Waals surface area contributed by atoms with E-state index in [1.807, 2.05) is 36.4 Å². The summed E-state index contributed by atoms with van der Waals surface area (Å²) >= 11 is 6.03. The van der Waals surface area contributed by atoms with E-state index in [1.54, 1.807) is 7.11 Å². The van der Waals surface area contributed by atoms with Gasteiger partial charge in [0.15, 0.2) is 11.5 Å². The number of nitrogens with zero attached hydrogens (tertiary/aromatic N) is 1. The number of benzene rings is 2. The van der Waals surface area contributed by atoms with Crippen LogP contribution in [0.4, 0.5) is 0 Å². The van der Waals surface area contributed by atoms with Crippen molar-refractivity contribution in [2.75, 3.05) is 34.3 Å². The number of ether oxygens (including phenoxy) is 2. The fourth-order valence-corrected chi connectivity index (χ4v) is 2.55. The molecule has 1 N–H and O–H groups in total. The van der Waals surface area contributed by atoms with Gasteiger partial charge in [-0.15, -0.1) is 0 Å². The maximum Gasteiger partial charge on any atom is 0.166 e. The zero-order chi connectivity index (χ0) is 17.4. The molecule has 130 valence electrons. The Kier molecular flexibility index (Phi) is 7.37. The first-order valence-electron chi connectivity index (χ1n) is 7.98. The lowest BCUT2D eigenvalue weighted by molar-refractivity contribution is 0.280. The highest BCUT2D eigenvalue weighted by Gasteiger charge is 2.11. The molecular formula is C19H25ClN2O2. The fraction of sp³-hybridized carbons (Fsp3) is 0.368. The first-order valence-corrected chi connectivity index (χ1v) is 8.36. The molecule has 5 heteroatoms. The van der Waals surface area contributed by atoms with Gasteiger partial charge in [0.25, 0.3) is 0 Å². The molecule has 2 aromatic carbocycles. The summed E-state index contributed by atoms with van der Waals surface area (Å²) in [6.07, 6.45) is 0. The number of methoxy groups -OCH3 is 1. The summed E-state index contributed by atoms with van der Waals surface area (Å²) < 4.78 is 11.5. The molecule has 0 radical (unpaired) electrons. The van der Waals surface area contributed by atoms with Gasteiger partial charge in [0, 0.05) is 30.2 Å². The van der Waals surface area contributed by atoms with E-state index in [9.17, 15) is 0 Å². The second kappa shape index (κ2) is 9.52. The molecule has 0 amide bonds. The zero-order valence-electron chi connectivity index (χ0n) is 14.5. The minimum atomic E-state index is 0.450. The van der Waals surface area contributed by atoms with E-state index in [1.165, 1.54) is 0 Å². The molecule has 0 bridgehead atoms. The molecule has 0 aliphatic carbocycles. The first kappa shape index (κ1) is 18.6. The third kappa shape index (κ3) is 5.71. The van der Waals surface area contributed by atoms with Crippen LogP contribution in [0.2, 0.25) is 5.02 Å². The van der Waals surface area contributed by atoms with Gasteiger partial charge in [0.1, 0.15) is 6.61 Å². The van der Waals surface area contributed by atoms with E-state index < -0.39 is 0 Å². The summed E-state index contributed by atoms with van der Waals surface area (Å²) in [6.45, 7) is 3.09. The summed E-state index contributed by atoms with van der Waals surface area (Å²) in [5.74, 6) is 1.52. The summed E-state index contributed by atoms with van der Waals surface area (Å²) in [6, 6.07) is 13.6. The van der Waals surface area contributed by atoms with Crippen LogP contribution >= 0.6 is 11.6 Å². The lowest BCUT2D eigenvalue weighted by atomic mass is 10.1. The van der Waals surface area contributed by atoms with Crippen LogP contribution in [0, 0.1) is 0 Å². The molecule has 0 heterocycles. The van der Waals surface area contributed by atoms with Gasteiger partial charge in [-0.2, -0.15) is 0 Å². The van der Waals surface area contributed by atoms with Crippen molar-refractivity contribution in [1.82, 2.24) is 10.2 Å². The van der Waals surface area contributed by atoms with Crippen molar-refractivity contribution in [2.24, 2.45) is 0 Å². The predicted octanol–water partition coefficient (Wildman–Crippen LogP) is 3.58. The van der Waals surface area contributed by atoms with Gasteiger partial charge in [-0.05, 0) is 37.9 Å². The van der Waals surface area contributed by atoms with Crippen LogP contribution in [-0.4, -0.2) is 39.2 Å². The van der Waals surface area contributed by atoms with E-state index in [4.69, 9.17) is 21.1 Å². The van der Waals surface area contributed by atoms with Crippen molar-refractivity contribution in [3.05, 3.63) is 58.6 Å². The number of halogens is 1. The van der Waals surface area contributed by atoms with Crippen LogP contribution in [0.5, 0.6) is 11.5 Å². The van der Waals surface area contributed by atoms with Gasteiger partial charge < -0.3 is 19.7 Å². The maximum absolute atomic E-state index is 6.04. The molecule has 24 heavy (non-hydrogen) atoms. The van der Waals surface area contributed by atoms with Crippen molar-refractivity contribution in [3.8, 4) is 11.5 Å². The van der Waals surface area contributed by atoms with Crippen molar-refractivity contribution >= 4 is 11.6 Å². The Morgan fingerprint density at radius 1 is 1.12 bits per heavy atom. The summed E-state index contributed by atoms with van der Waals surface area (Å²) in [7, 11) is 5.78. The normalized spacial score (nSPS) is 10.9.